The molecule has 4 N–H and O–H groups in total. The molecule has 176 valence electrons. The summed E-state index contributed by atoms with van der Waals surface area (Å²) in [6.45, 7) is 5.23. The number of hydrogen-bond acceptors (Lipinski definition) is 6. The van der Waals surface area contributed by atoms with Crippen LogP contribution in [0.4, 0.5) is 11.4 Å². The van der Waals surface area contributed by atoms with Crippen LogP contribution < -0.4 is 10.2 Å². The number of aromatic nitrogens is 3. The lowest BCUT2D eigenvalue weighted by atomic mass is 10.1. The lowest BCUT2D eigenvalue weighted by molar-refractivity contribution is -0.135. The van der Waals surface area contributed by atoms with Crippen molar-refractivity contribution in [2.45, 2.75) is 6.92 Å². The van der Waals surface area contributed by atoms with Crippen molar-refractivity contribution >= 4 is 47.7 Å². The van der Waals surface area contributed by atoms with Gasteiger partial charge in [-0.15, -0.1) is 0 Å². The summed E-state index contributed by atoms with van der Waals surface area (Å²) in [5.74, 6) is -0.927. The van der Waals surface area contributed by atoms with Crippen LogP contribution in [0.1, 0.15) is 17.3 Å². The second kappa shape index (κ2) is 10.8. The molecule has 1 heterocycles. The molecule has 0 fully saturated rings. The Labute approximate surface area is 206 Å². The van der Waals surface area contributed by atoms with Gasteiger partial charge in [0.15, 0.2) is 9.54 Å². The zero-order valence-electron chi connectivity index (χ0n) is 18.5. The molecule has 11 heteroatoms. The van der Waals surface area contributed by atoms with Crippen LogP contribution in [0.5, 0.6) is 0 Å². The third-order valence-corrected chi connectivity index (χ3v) is 5.41. The van der Waals surface area contributed by atoms with Gasteiger partial charge in [-0.3, -0.25) is 24.4 Å². The number of H-pyrrole nitrogens is 2. The fourth-order valence-corrected chi connectivity index (χ4v) is 3.74. The number of hydrogen-bond donors (Lipinski definition) is 4. The summed E-state index contributed by atoms with van der Waals surface area (Å²) >= 11 is 10.5. The molecule has 9 nitrogen and oxygen atoms in total. The highest BCUT2D eigenvalue weighted by Gasteiger charge is 2.15. The van der Waals surface area contributed by atoms with Crippen molar-refractivity contribution < 1.29 is 19.4 Å². The summed E-state index contributed by atoms with van der Waals surface area (Å²) in [5, 5.41) is 17.7. The number of aromatic amines is 2. The molecule has 0 aliphatic heterocycles. The molecular formula is C23H23N5O4S2. The van der Waals surface area contributed by atoms with Gasteiger partial charge in [0, 0.05) is 22.6 Å². The van der Waals surface area contributed by atoms with E-state index in [9.17, 15) is 14.7 Å². The van der Waals surface area contributed by atoms with Crippen LogP contribution in [-0.4, -0.2) is 45.4 Å². The van der Waals surface area contributed by atoms with Gasteiger partial charge in [0.2, 0.25) is 0 Å². The number of carboxylic acid groups (broad SMARTS) is 1. The van der Waals surface area contributed by atoms with Crippen LogP contribution in [0.3, 0.4) is 0 Å². The summed E-state index contributed by atoms with van der Waals surface area (Å²) in [6.07, 6.45) is 1.64. The van der Waals surface area contributed by atoms with Crippen molar-refractivity contribution in [1.29, 1.82) is 0 Å². The van der Waals surface area contributed by atoms with E-state index in [1.165, 1.54) is 7.11 Å². The van der Waals surface area contributed by atoms with Crippen molar-refractivity contribution in [2.75, 3.05) is 23.9 Å². The molecule has 0 atom stereocenters. The third kappa shape index (κ3) is 5.88. The SMILES string of the molecule is C=C(/C=C(/C)N(CC(=O)O)c1ccc(C(=O)Nc2cccc(-n3c(=S)[nH][nH]c3=S)c2)cc1)OC. The molecule has 0 saturated carbocycles. The number of nitrogens with zero attached hydrogens (tertiary/aromatic N) is 2. The molecule has 2 aromatic carbocycles. The number of nitrogens with one attached hydrogen (secondary N) is 3. The highest BCUT2D eigenvalue weighted by molar-refractivity contribution is 7.72. The number of carboxylic acids is 1. The zero-order valence-corrected chi connectivity index (χ0v) is 20.1. The molecule has 0 bridgehead atoms. The molecule has 0 saturated heterocycles. The van der Waals surface area contributed by atoms with E-state index in [1.807, 2.05) is 6.07 Å². The van der Waals surface area contributed by atoms with E-state index >= 15 is 0 Å². The first-order chi connectivity index (χ1) is 16.2. The average Bonchev–Trinajstić information content (AvgIpc) is 3.15. The molecule has 0 radical (unpaired) electrons. The van der Waals surface area contributed by atoms with Crippen LogP contribution in [0, 0.1) is 9.54 Å². The number of aliphatic carboxylic acids is 1. The Morgan fingerprint density at radius 2 is 1.82 bits per heavy atom. The number of methoxy groups -OCH3 is 1. The normalized spacial score (nSPS) is 11.1. The Morgan fingerprint density at radius 3 is 2.41 bits per heavy atom. The molecule has 0 aliphatic rings. The number of carbonyl (C=O) groups excluding carboxylic acids is 1. The van der Waals surface area contributed by atoms with Gasteiger partial charge >= 0.3 is 5.97 Å². The maximum absolute atomic E-state index is 12.8. The first-order valence-electron chi connectivity index (χ1n) is 10.0. The van der Waals surface area contributed by atoms with Crippen LogP contribution in [0.25, 0.3) is 5.69 Å². The summed E-state index contributed by atoms with van der Waals surface area (Å²) in [6, 6.07) is 13.7. The van der Waals surface area contributed by atoms with Crippen molar-refractivity contribution in [3.05, 3.63) is 87.7 Å². The van der Waals surface area contributed by atoms with Gasteiger partial charge < -0.3 is 20.1 Å². The molecular weight excluding hydrogens is 474 g/mol. The van der Waals surface area contributed by atoms with E-state index in [0.29, 0.717) is 43.6 Å². The Morgan fingerprint density at radius 1 is 1.18 bits per heavy atom. The van der Waals surface area contributed by atoms with E-state index in [2.05, 4.69) is 22.1 Å². The fourth-order valence-electron chi connectivity index (χ4n) is 3.19. The molecule has 3 rings (SSSR count). The van der Waals surface area contributed by atoms with Gasteiger partial charge in [-0.1, -0.05) is 12.6 Å². The van der Waals surface area contributed by atoms with Gasteiger partial charge in [-0.25, -0.2) is 0 Å². The fraction of sp³-hybridized carbons (Fsp3) is 0.130. The maximum Gasteiger partial charge on any atom is 0.323 e. The largest absolute Gasteiger partial charge is 0.497 e. The monoisotopic (exact) mass is 497 g/mol. The number of allylic oxidation sites excluding steroid dienone is 2. The summed E-state index contributed by atoms with van der Waals surface area (Å²) in [5.41, 5.74) is 2.90. The second-order valence-electron chi connectivity index (χ2n) is 7.18. The third-order valence-electron chi connectivity index (χ3n) is 4.84. The first kappa shape index (κ1) is 24.7. The van der Waals surface area contributed by atoms with Crippen LogP contribution in [0.15, 0.2) is 72.6 Å². The lowest BCUT2D eigenvalue weighted by Crippen LogP contribution is -2.28. The predicted octanol–water partition coefficient (Wildman–Crippen LogP) is 4.80. The van der Waals surface area contributed by atoms with Gasteiger partial charge in [0.05, 0.1) is 12.8 Å². The second-order valence-corrected chi connectivity index (χ2v) is 7.96. The topological polar surface area (TPSA) is 115 Å². The highest BCUT2D eigenvalue weighted by atomic mass is 32.1. The molecule has 1 amide bonds. The Hall–Kier alpha value is -3.96. The highest BCUT2D eigenvalue weighted by Crippen LogP contribution is 2.22. The van der Waals surface area contributed by atoms with Crippen molar-refractivity contribution in [3.63, 3.8) is 0 Å². The lowest BCUT2D eigenvalue weighted by Gasteiger charge is -2.24. The van der Waals surface area contributed by atoms with E-state index in [-0.39, 0.29) is 12.5 Å². The number of anilines is 2. The summed E-state index contributed by atoms with van der Waals surface area (Å²) < 4.78 is 7.51. The first-order valence-corrected chi connectivity index (χ1v) is 10.8. The molecule has 1 aromatic heterocycles. The summed E-state index contributed by atoms with van der Waals surface area (Å²) in [4.78, 5) is 25.8. The number of amides is 1. The molecule has 0 spiro atoms. The summed E-state index contributed by atoms with van der Waals surface area (Å²) in [7, 11) is 1.48. The quantitative estimate of drug-likeness (QED) is 0.191. The van der Waals surface area contributed by atoms with Gasteiger partial charge in [-0.05, 0) is 79.9 Å². The Bertz CT molecular complexity index is 1340. The standard InChI is InChI=1S/C23H23N5O4S2/c1-14(11-15(2)32-3)27(13-20(29)30)18-9-7-16(8-10-18)21(31)24-17-5-4-6-19(12-17)28-22(33)25-26-23(28)34/h4-12H,2,13H2,1,3H3,(H,24,31)(H,25,33)(H,26,34)(H,29,30)/b14-11-. The van der Waals surface area contributed by atoms with Gasteiger partial charge in [-0.2, -0.15) is 0 Å². The number of ether oxygens (including phenoxy) is 1. The number of benzene rings is 2. The zero-order chi connectivity index (χ0) is 24.8. The maximum atomic E-state index is 12.8. The smallest absolute Gasteiger partial charge is 0.323 e. The molecule has 0 unspecified atom stereocenters. The number of rotatable bonds is 9. The Balaban J connectivity index is 1.81. The van der Waals surface area contributed by atoms with Crippen molar-refractivity contribution in [1.82, 2.24) is 14.8 Å². The van der Waals surface area contributed by atoms with Gasteiger partial charge in [0.25, 0.3) is 5.91 Å². The van der Waals surface area contributed by atoms with Crippen LogP contribution >= 0.6 is 24.4 Å². The van der Waals surface area contributed by atoms with Gasteiger partial charge in [0.1, 0.15) is 12.3 Å². The molecule has 0 aliphatic carbocycles. The predicted molar refractivity (Wildman–Crippen MR) is 135 cm³/mol. The number of carbonyl (C=O) groups is 2. The van der Waals surface area contributed by atoms with Crippen molar-refractivity contribution in [2.24, 2.45) is 0 Å². The van der Waals surface area contributed by atoms with E-state index in [1.54, 1.807) is 64.9 Å². The van der Waals surface area contributed by atoms with Crippen molar-refractivity contribution in [3.8, 4) is 5.69 Å². The van der Waals surface area contributed by atoms with E-state index < -0.39 is 5.97 Å². The average molecular weight is 498 g/mol. The molecule has 3 aromatic rings. The van der Waals surface area contributed by atoms with E-state index in [0.717, 1.165) is 0 Å². The van der Waals surface area contributed by atoms with Crippen LogP contribution in [0.2, 0.25) is 0 Å². The van der Waals surface area contributed by atoms with E-state index in [4.69, 9.17) is 29.2 Å². The molecule has 34 heavy (non-hydrogen) atoms. The van der Waals surface area contributed by atoms with Crippen LogP contribution in [-0.2, 0) is 9.53 Å². The minimum absolute atomic E-state index is 0.262. The Kier molecular flexibility index (Phi) is 7.82. The minimum atomic E-state index is -1.00. The minimum Gasteiger partial charge on any atom is -0.497 e.